The summed E-state index contributed by atoms with van der Waals surface area (Å²) in [6.07, 6.45) is 3.07. The molecule has 0 aliphatic carbocycles. The Labute approximate surface area is 172 Å². The molecule has 2 aromatic rings. The predicted octanol–water partition coefficient (Wildman–Crippen LogP) is 4.11. The van der Waals surface area contributed by atoms with Crippen LogP contribution in [0.25, 0.3) is 0 Å². The Hall–Kier alpha value is -1.15. The molecule has 0 aliphatic heterocycles. The second-order valence-electron chi connectivity index (χ2n) is 5.78. The lowest BCUT2D eigenvalue weighted by Gasteiger charge is -2.10. The maximum absolute atomic E-state index is 4.66. The minimum absolute atomic E-state index is 0. The van der Waals surface area contributed by atoms with Crippen LogP contribution >= 0.6 is 35.3 Å². The molecule has 6 heteroatoms. The molecule has 2 rings (SSSR count). The van der Waals surface area contributed by atoms with Gasteiger partial charge in [0.2, 0.25) is 0 Å². The molecule has 0 radical (unpaired) electrons. The second-order valence-corrected chi connectivity index (χ2v) is 7.06. The Morgan fingerprint density at radius 2 is 1.88 bits per heavy atom. The second kappa shape index (κ2) is 12.2. The van der Waals surface area contributed by atoms with Crippen LogP contribution in [0.5, 0.6) is 0 Å². The predicted molar refractivity (Wildman–Crippen MR) is 119 cm³/mol. The van der Waals surface area contributed by atoms with Gasteiger partial charge in [0.1, 0.15) is 0 Å². The molecule has 2 N–H and O–H groups in total. The van der Waals surface area contributed by atoms with E-state index in [4.69, 9.17) is 0 Å². The first-order chi connectivity index (χ1) is 11.7. The third kappa shape index (κ3) is 8.18. The van der Waals surface area contributed by atoms with E-state index >= 15 is 0 Å². The minimum atomic E-state index is 0. The van der Waals surface area contributed by atoms with Gasteiger partial charge in [-0.3, -0.25) is 4.99 Å². The minimum Gasteiger partial charge on any atom is -0.357 e. The molecule has 0 unspecified atom stereocenters. The summed E-state index contributed by atoms with van der Waals surface area (Å²) in [5.74, 6) is 0.899. The number of hydrogen-bond acceptors (Lipinski definition) is 3. The van der Waals surface area contributed by atoms with Crippen LogP contribution in [0.15, 0.2) is 35.3 Å². The molecule has 0 saturated carbocycles. The first-order valence-corrected chi connectivity index (χ1v) is 9.49. The van der Waals surface area contributed by atoms with Crippen molar-refractivity contribution in [1.29, 1.82) is 0 Å². The van der Waals surface area contributed by atoms with Gasteiger partial charge in [-0.15, -0.1) is 35.3 Å². The zero-order valence-corrected chi connectivity index (χ0v) is 18.5. The van der Waals surface area contributed by atoms with E-state index in [0.29, 0.717) is 0 Å². The first-order valence-electron chi connectivity index (χ1n) is 8.68. The molecule has 25 heavy (non-hydrogen) atoms. The molecule has 1 heterocycles. The SMILES string of the molecule is CCNC(=NCCCc1ccccc1)NCCc1nc(C)c(C)s1.I. The third-order valence-corrected chi connectivity index (χ3v) is 4.92. The number of rotatable bonds is 8. The number of aryl methyl sites for hydroxylation is 3. The van der Waals surface area contributed by atoms with E-state index in [0.717, 1.165) is 50.6 Å². The van der Waals surface area contributed by atoms with Gasteiger partial charge in [0, 0.05) is 30.9 Å². The zero-order chi connectivity index (χ0) is 17.2. The van der Waals surface area contributed by atoms with Crippen LogP contribution in [0.1, 0.15) is 34.5 Å². The summed E-state index contributed by atoms with van der Waals surface area (Å²) in [5, 5.41) is 7.90. The van der Waals surface area contributed by atoms with Gasteiger partial charge in [-0.2, -0.15) is 0 Å². The van der Waals surface area contributed by atoms with E-state index < -0.39 is 0 Å². The molecule has 0 amide bonds. The maximum atomic E-state index is 4.66. The van der Waals surface area contributed by atoms with Crippen molar-refractivity contribution >= 4 is 41.3 Å². The van der Waals surface area contributed by atoms with Crippen LogP contribution in [-0.4, -0.2) is 30.6 Å². The average Bonchev–Trinajstić information content (AvgIpc) is 2.90. The van der Waals surface area contributed by atoms with Crippen molar-refractivity contribution in [2.45, 2.75) is 40.0 Å². The average molecular weight is 472 g/mol. The molecule has 0 bridgehead atoms. The van der Waals surface area contributed by atoms with Gasteiger partial charge < -0.3 is 10.6 Å². The molecule has 138 valence electrons. The molecule has 4 nitrogen and oxygen atoms in total. The Balaban J connectivity index is 0.00000312. The topological polar surface area (TPSA) is 49.3 Å². The number of aliphatic imine (C=N–C) groups is 1. The van der Waals surface area contributed by atoms with Crippen molar-refractivity contribution in [3.8, 4) is 0 Å². The van der Waals surface area contributed by atoms with Crippen molar-refractivity contribution < 1.29 is 0 Å². The highest BCUT2D eigenvalue weighted by molar-refractivity contribution is 14.0. The maximum Gasteiger partial charge on any atom is 0.191 e. The van der Waals surface area contributed by atoms with Crippen molar-refractivity contribution in [2.75, 3.05) is 19.6 Å². The van der Waals surface area contributed by atoms with E-state index in [1.165, 1.54) is 15.4 Å². The Morgan fingerprint density at radius 3 is 2.52 bits per heavy atom. The van der Waals surface area contributed by atoms with Crippen LogP contribution in [0.4, 0.5) is 0 Å². The van der Waals surface area contributed by atoms with Crippen LogP contribution in [-0.2, 0) is 12.8 Å². The van der Waals surface area contributed by atoms with E-state index in [-0.39, 0.29) is 24.0 Å². The quantitative estimate of drug-likeness (QED) is 0.263. The lowest BCUT2D eigenvalue weighted by atomic mass is 10.1. The van der Waals surface area contributed by atoms with Gasteiger partial charge in [-0.05, 0) is 39.2 Å². The van der Waals surface area contributed by atoms with Gasteiger partial charge in [0.15, 0.2) is 5.96 Å². The molecular formula is C19H29IN4S. The van der Waals surface area contributed by atoms with Crippen molar-refractivity contribution in [3.63, 3.8) is 0 Å². The lowest BCUT2D eigenvalue weighted by molar-refractivity contribution is 0.774. The molecule has 0 fully saturated rings. The highest BCUT2D eigenvalue weighted by atomic mass is 127. The van der Waals surface area contributed by atoms with E-state index in [1.54, 1.807) is 11.3 Å². The van der Waals surface area contributed by atoms with Crippen molar-refractivity contribution in [1.82, 2.24) is 15.6 Å². The lowest BCUT2D eigenvalue weighted by Crippen LogP contribution is -2.38. The van der Waals surface area contributed by atoms with Gasteiger partial charge in [-0.1, -0.05) is 30.3 Å². The van der Waals surface area contributed by atoms with Gasteiger partial charge in [0.05, 0.1) is 10.7 Å². The number of aromatic nitrogens is 1. The fourth-order valence-corrected chi connectivity index (χ4v) is 3.33. The van der Waals surface area contributed by atoms with Gasteiger partial charge in [0.25, 0.3) is 0 Å². The van der Waals surface area contributed by atoms with Crippen LogP contribution in [0.2, 0.25) is 0 Å². The normalized spacial score (nSPS) is 11.1. The Kier molecular flexibility index (Phi) is 10.7. The Bertz CT molecular complexity index is 621. The van der Waals surface area contributed by atoms with Gasteiger partial charge in [-0.25, -0.2) is 4.98 Å². The summed E-state index contributed by atoms with van der Waals surface area (Å²) in [4.78, 5) is 10.6. The highest BCUT2D eigenvalue weighted by Crippen LogP contribution is 2.16. The zero-order valence-electron chi connectivity index (χ0n) is 15.3. The molecule has 0 spiro atoms. The number of nitrogens with zero attached hydrogens (tertiary/aromatic N) is 2. The highest BCUT2D eigenvalue weighted by Gasteiger charge is 2.04. The van der Waals surface area contributed by atoms with Crippen molar-refractivity contribution in [3.05, 3.63) is 51.5 Å². The van der Waals surface area contributed by atoms with Crippen LogP contribution < -0.4 is 10.6 Å². The first kappa shape index (κ1) is 21.9. The molecule has 1 aromatic carbocycles. The van der Waals surface area contributed by atoms with E-state index in [2.05, 4.69) is 71.7 Å². The smallest absolute Gasteiger partial charge is 0.191 e. The van der Waals surface area contributed by atoms with Crippen LogP contribution in [0.3, 0.4) is 0 Å². The summed E-state index contributed by atoms with van der Waals surface area (Å²) < 4.78 is 0. The fraction of sp³-hybridized carbons (Fsp3) is 0.474. The molecule has 1 aromatic heterocycles. The molecule has 0 atom stereocenters. The Morgan fingerprint density at radius 1 is 1.12 bits per heavy atom. The molecule has 0 saturated heterocycles. The van der Waals surface area contributed by atoms with Crippen molar-refractivity contribution in [2.24, 2.45) is 4.99 Å². The number of halogens is 1. The largest absolute Gasteiger partial charge is 0.357 e. The fourth-order valence-electron chi connectivity index (χ4n) is 2.39. The number of thiazole rings is 1. The summed E-state index contributed by atoms with van der Waals surface area (Å²) in [6, 6.07) is 10.6. The summed E-state index contributed by atoms with van der Waals surface area (Å²) in [5.41, 5.74) is 2.52. The number of benzene rings is 1. The number of guanidine groups is 1. The molecular weight excluding hydrogens is 443 g/mol. The van der Waals surface area contributed by atoms with Crippen LogP contribution in [0, 0.1) is 13.8 Å². The van der Waals surface area contributed by atoms with E-state index in [1.807, 2.05) is 0 Å². The summed E-state index contributed by atoms with van der Waals surface area (Å²) >= 11 is 1.79. The van der Waals surface area contributed by atoms with Gasteiger partial charge >= 0.3 is 0 Å². The third-order valence-electron chi connectivity index (χ3n) is 3.78. The summed E-state index contributed by atoms with van der Waals surface area (Å²) in [6.45, 7) is 8.86. The molecule has 0 aliphatic rings. The number of hydrogen-bond donors (Lipinski definition) is 2. The monoisotopic (exact) mass is 472 g/mol. The van der Waals surface area contributed by atoms with E-state index in [9.17, 15) is 0 Å². The summed E-state index contributed by atoms with van der Waals surface area (Å²) in [7, 11) is 0. The number of nitrogens with one attached hydrogen (secondary N) is 2. The standard InChI is InChI=1S/C19H28N4S.HI/c1-4-20-19(21-13-8-11-17-9-6-5-7-10-17)22-14-12-18-23-15(2)16(3)24-18;/h5-7,9-10H,4,8,11-14H2,1-3H3,(H2,20,21,22);1H.